The molecule has 0 atom stereocenters. The zero-order valence-corrected chi connectivity index (χ0v) is 11.9. The van der Waals surface area contributed by atoms with Crippen molar-refractivity contribution in [3.63, 3.8) is 0 Å². The predicted molar refractivity (Wildman–Crippen MR) is 82.3 cm³/mol. The molecule has 2 rings (SSSR count). The van der Waals surface area contributed by atoms with Gasteiger partial charge in [0.25, 0.3) is 0 Å². The minimum atomic E-state index is -0.970. The van der Waals surface area contributed by atoms with Crippen LogP contribution >= 0.6 is 0 Å². The molecule has 0 unspecified atom stereocenters. The Hall–Kier alpha value is -2.62. The third-order valence-corrected chi connectivity index (χ3v) is 3.26. The van der Waals surface area contributed by atoms with Crippen molar-refractivity contribution >= 4 is 23.4 Å². The number of carbonyl (C=O) groups is 1. The number of rotatable bonds is 4. The second-order valence-electron chi connectivity index (χ2n) is 4.75. The summed E-state index contributed by atoms with van der Waals surface area (Å²) in [7, 11) is 1.90. The molecule has 0 bridgehead atoms. The van der Waals surface area contributed by atoms with Crippen molar-refractivity contribution in [2.75, 3.05) is 11.9 Å². The lowest BCUT2D eigenvalue weighted by atomic mass is 10.1. The molecule has 2 aromatic carbocycles. The fraction of sp³-hybridized carbons (Fsp3) is 0.118. The predicted octanol–water partition coefficient (Wildman–Crippen LogP) is 4.00. The lowest BCUT2D eigenvalue weighted by molar-refractivity contribution is -0.131. The molecule has 0 aliphatic carbocycles. The SMILES string of the molecule is Cc1cc(N(C)c2ccc(F)cc2)ccc1C=CC(=O)O. The zero-order valence-electron chi connectivity index (χ0n) is 11.9. The quantitative estimate of drug-likeness (QED) is 0.863. The van der Waals surface area contributed by atoms with Crippen LogP contribution in [0, 0.1) is 12.7 Å². The molecule has 0 aliphatic heterocycles. The van der Waals surface area contributed by atoms with Gasteiger partial charge in [0.1, 0.15) is 5.82 Å². The number of aryl methyl sites for hydroxylation is 1. The van der Waals surface area contributed by atoms with Gasteiger partial charge in [0.15, 0.2) is 0 Å². The third kappa shape index (κ3) is 3.69. The smallest absolute Gasteiger partial charge is 0.328 e. The largest absolute Gasteiger partial charge is 0.478 e. The molecule has 0 heterocycles. The molecular weight excluding hydrogens is 269 g/mol. The first-order valence-corrected chi connectivity index (χ1v) is 6.48. The average Bonchev–Trinajstić information content (AvgIpc) is 2.46. The summed E-state index contributed by atoms with van der Waals surface area (Å²) in [5.74, 6) is -1.24. The molecule has 0 aliphatic rings. The van der Waals surface area contributed by atoms with Crippen LogP contribution in [0.4, 0.5) is 15.8 Å². The molecular formula is C17H16FNO2. The molecule has 108 valence electrons. The molecule has 1 N–H and O–H groups in total. The van der Waals surface area contributed by atoms with Gasteiger partial charge in [0, 0.05) is 24.5 Å². The first-order valence-electron chi connectivity index (χ1n) is 6.48. The Morgan fingerprint density at radius 2 is 1.76 bits per heavy atom. The van der Waals surface area contributed by atoms with E-state index < -0.39 is 5.97 Å². The van der Waals surface area contributed by atoms with Gasteiger partial charge in [-0.25, -0.2) is 9.18 Å². The standard InChI is InChI=1S/C17H16FNO2/c1-12-11-16(7-3-13(12)4-10-17(20)21)19(2)15-8-5-14(18)6-9-15/h3-11H,1-2H3,(H,20,21). The second kappa shape index (κ2) is 6.22. The van der Waals surface area contributed by atoms with Crippen molar-refractivity contribution in [1.29, 1.82) is 0 Å². The summed E-state index contributed by atoms with van der Waals surface area (Å²) in [5.41, 5.74) is 3.66. The van der Waals surface area contributed by atoms with Gasteiger partial charge >= 0.3 is 5.97 Å². The van der Waals surface area contributed by atoms with Gasteiger partial charge in [-0.15, -0.1) is 0 Å². The first kappa shape index (κ1) is 14.8. The summed E-state index contributed by atoms with van der Waals surface area (Å²) >= 11 is 0. The topological polar surface area (TPSA) is 40.5 Å². The van der Waals surface area contributed by atoms with Crippen molar-refractivity contribution in [3.8, 4) is 0 Å². The minimum absolute atomic E-state index is 0.266. The monoisotopic (exact) mass is 285 g/mol. The highest BCUT2D eigenvalue weighted by atomic mass is 19.1. The van der Waals surface area contributed by atoms with Gasteiger partial charge in [-0.05, 0) is 60.5 Å². The Labute approximate surface area is 123 Å². The molecule has 4 heteroatoms. The van der Waals surface area contributed by atoms with E-state index >= 15 is 0 Å². The van der Waals surface area contributed by atoms with Crippen LogP contribution in [-0.4, -0.2) is 18.1 Å². The van der Waals surface area contributed by atoms with Crippen molar-refractivity contribution < 1.29 is 14.3 Å². The molecule has 0 fully saturated rings. The third-order valence-electron chi connectivity index (χ3n) is 3.26. The summed E-state index contributed by atoms with van der Waals surface area (Å²) in [5, 5.41) is 8.65. The molecule has 0 amide bonds. The van der Waals surface area contributed by atoms with Crippen molar-refractivity contribution in [2.24, 2.45) is 0 Å². The van der Waals surface area contributed by atoms with Crippen LogP contribution < -0.4 is 4.90 Å². The van der Waals surface area contributed by atoms with Crippen LogP contribution in [0.5, 0.6) is 0 Å². The molecule has 0 saturated carbocycles. The molecule has 0 spiro atoms. The number of aliphatic carboxylic acids is 1. The number of halogens is 1. The van der Waals surface area contributed by atoms with Gasteiger partial charge in [0.05, 0.1) is 0 Å². The maximum Gasteiger partial charge on any atom is 0.328 e. The zero-order chi connectivity index (χ0) is 15.4. The molecule has 0 saturated heterocycles. The highest BCUT2D eigenvalue weighted by molar-refractivity contribution is 5.85. The fourth-order valence-electron chi connectivity index (χ4n) is 2.03. The minimum Gasteiger partial charge on any atom is -0.478 e. The van der Waals surface area contributed by atoms with Gasteiger partial charge < -0.3 is 10.0 Å². The van der Waals surface area contributed by atoms with Crippen LogP contribution in [0.15, 0.2) is 48.5 Å². The Bertz CT molecular complexity index is 678. The van der Waals surface area contributed by atoms with E-state index in [0.717, 1.165) is 28.6 Å². The van der Waals surface area contributed by atoms with Gasteiger partial charge in [-0.1, -0.05) is 6.07 Å². The van der Waals surface area contributed by atoms with Crippen LogP contribution in [0.2, 0.25) is 0 Å². The summed E-state index contributed by atoms with van der Waals surface area (Å²) in [6.45, 7) is 1.92. The number of nitrogens with zero attached hydrogens (tertiary/aromatic N) is 1. The first-order chi connectivity index (χ1) is 9.97. The summed E-state index contributed by atoms with van der Waals surface area (Å²) in [6.07, 6.45) is 2.69. The van der Waals surface area contributed by atoms with Crippen molar-refractivity contribution in [1.82, 2.24) is 0 Å². The number of hydrogen-bond donors (Lipinski definition) is 1. The maximum absolute atomic E-state index is 12.9. The molecule has 3 nitrogen and oxygen atoms in total. The Kier molecular flexibility index (Phi) is 4.38. The van der Waals surface area contributed by atoms with Crippen LogP contribution in [0.1, 0.15) is 11.1 Å². The Balaban J connectivity index is 2.27. The normalized spacial score (nSPS) is 10.8. The number of anilines is 2. The molecule has 0 radical (unpaired) electrons. The number of hydrogen-bond acceptors (Lipinski definition) is 2. The van der Waals surface area contributed by atoms with E-state index in [2.05, 4.69) is 0 Å². The van der Waals surface area contributed by atoms with E-state index in [1.54, 1.807) is 18.2 Å². The molecule has 0 aromatic heterocycles. The number of carboxylic acids is 1. The van der Waals surface area contributed by atoms with Gasteiger partial charge in [0.2, 0.25) is 0 Å². The van der Waals surface area contributed by atoms with E-state index in [4.69, 9.17) is 5.11 Å². The van der Waals surface area contributed by atoms with Gasteiger partial charge in [-0.2, -0.15) is 0 Å². The Morgan fingerprint density at radius 3 is 2.33 bits per heavy atom. The van der Waals surface area contributed by atoms with E-state index in [0.29, 0.717) is 0 Å². The van der Waals surface area contributed by atoms with Gasteiger partial charge in [-0.3, -0.25) is 0 Å². The molecule has 2 aromatic rings. The van der Waals surface area contributed by atoms with E-state index in [-0.39, 0.29) is 5.82 Å². The number of benzene rings is 2. The van der Waals surface area contributed by atoms with Crippen LogP contribution in [0.3, 0.4) is 0 Å². The van der Waals surface area contributed by atoms with E-state index in [1.807, 2.05) is 37.1 Å². The highest BCUT2D eigenvalue weighted by Gasteiger charge is 2.06. The summed E-state index contributed by atoms with van der Waals surface area (Å²) < 4.78 is 12.9. The Morgan fingerprint density at radius 1 is 1.14 bits per heavy atom. The fourth-order valence-corrected chi connectivity index (χ4v) is 2.03. The summed E-state index contributed by atoms with van der Waals surface area (Å²) in [4.78, 5) is 12.5. The van der Waals surface area contributed by atoms with Crippen LogP contribution in [0.25, 0.3) is 6.08 Å². The van der Waals surface area contributed by atoms with E-state index in [9.17, 15) is 9.18 Å². The van der Waals surface area contributed by atoms with Crippen molar-refractivity contribution in [2.45, 2.75) is 6.92 Å². The lowest BCUT2D eigenvalue weighted by Gasteiger charge is -2.20. The van der Waals surface area contributed by atoms with Crippen LogP contribution in [-0.2, 0) is 4.79 Å². The van der Waals surface area contributed by atoms with E-state index in [1.165, 1.54) is 12.1 Å². The maximum atomic E-state index is 12.9. The highest BCUT2D eigenvalue weighted by Crippen LogP contribution is 2.26. The lowest BCUT2D eigenvalue weighted by Crippen LogP contribution is -2.09. The number of carboxylic acid groups (broad SMARTS) is 1. The average molecular weight is 285 g/mol. The second-order valence-corrected chi connectivity index (χ2v) is 4.75. The molecule has 21 heavy (non-hydrogen) atoms. The van der Waals surface area contributed by atoms with Crippen molar-refractivity contribution in [3.05, 3.63) is 65.5 Å². The summed E-state index contributed by atoms with van der Waals surface area (Å²) in [6, 6.07) is 12.0.